The minimum Gasteiger partial charge on any atom is -0.494 e. The van der Waals surface area contributed by atoms with Crippen LogP contribution in [0.1, 0.15) is 25.8 Å². The van der Waals surface area contributed by atoms with Crippen molar-refractivity contribution in [3.63, 3.8) is 0 Å². The predicted octanol–water partition coefficient (Wildman–Crippen LogP) is 3.28. The van der Waals surface area contributed by atoms with Crippen LogP contribution in [0.15, 0.2) is 48.5 Å². The van der Waals surface area contributed by atoms with Gasteiger partial charge in [0, 0.05) is 37.7 Å². The molecule has 0 spiro atoms. The highest BCUT2D eigenvalue weighted by Gasteiger charge is 2.14. The smallest absolute Gasteiger partial charge is 0.223 e. The zero-order valence-corrected chi connectivity index (χ0v) is 15.0. The van der Waals surface area contributed by atoms with Gasteiger partial charge in [0.15, 0.2) is 0 Å². The van der Waals surface area contributed by atoms with E-state index in [0.717, 1.165) is 5.75 Å². The first-order valence-corrected chi connectivity index (χ1v) is 8.52. The topological polar surface area (TPSA) is 58.6 Å². The first kappa shape index (κ1) is 19.4. The van der Waals surface area contributed by atoms with Gasteiger partial charge in [-0.15, -0.1) is 0 Å². The SMILES string of the molecule is CCOc1ccc(N(CCC(=O)NCc2ccccc2F)C(C)=O)cc1. The molecule has 5 nitrogen and oxygen atoms in total. The summed E-state index contributed by atoms with van der Waals surface area (Å²) < 4.78 is 18.9. The third kappa shape index (κ3) is 5.58. The van der Waals surface area contributed by atoms with Crippen molar-refractivity contribution >= 4 is 17.5 Å². The number of ether oxygens (including phenoxy) is 1. The van der Waals surface area contributed by atoms with Crippen molar-refractivity contribution in [2.45, 2.75) is 26.8 Å². The fourth-order valence-electron chi connectivity index (χ4n) is 2.49. The molecule has 6 heteroatoms. The molecule has 0 unspecified atom stereocenters. The van der Waals surface area contributed by atoms with E-state index in [1.54, 1.807) is 42.5 Å². The van der Waals surface area contributed by atoms with Gasteiger partial charge in [-0.3, -0.25) is 9.59 Å². The molecule has 0 aromatic heterocycles. The summed E-state index contributed by atoms with van der Waals surface area (Å²) in [5, 5.41) is 2.67. The molecule has 2 amide bonds. The van der Waals surface area contributed by atoms with E-state index in [9.17, 15) is 14.0 Å². The number of hydrogen-bond donors (Lipinski definition) is 1. The van der Waals surface area contributed by atoms with E-state index >= 15 is 0 Å². The van der Waals surface area contributed by atoms with Gasteiger partial charge in [-0.05, 0) is 37.3 Å². The van der Waals surface area contributed by atoms with Crippen molar-refractivity contribution in [1.82, 2.24) is 5.32 Å². The number of nitrogens with one attached hydrogen (secondary N) is 1. The molecule has 138 valence electrons. The van der Waals surface area contributed by atoms with Crippen molar-refractivity contribution in [3.05, 3.63) is 59.9 Å². The van der Waals surface area contributed by atoms with E-state index in [2.05, 4.69) is 5.32 Å². The molecule has 0 fully saturated rings. The summed E-state index contributed by atoms with van der Waals surface area (Å²) in [6, 6.07) is 13.4. The minimum atomic E-state index is -0.354. The molecular weight excluding hydrogens is 335 g/mol. The lowest BCUT2D eigenvalue weighted by atomic mass is 10.2. The van der Waals surface area contributed by atoms with E-state index in [-0.39, 0.29) is 37.1 Å². The Morgan fingerprint density at radius 2 is 1.81 bits per heavy atom. The van der Waals surface area contributed by atoms with Gasteiger partial charge in [-0.2, -0.15) is 0 Å². The van der Waals surface area contributed by atoms with Crippen LogP contribution in [0.3, 0.4) is 0 Å². The Labute approximate surface area is 152 Å². The highest BCUT2D eigenvalue weighted by molar-refractivity contribution is 5.92. The van der Waals surface area contributed by atoms with E-state index < -0.39 is 0 Å². The second-order valence-electron chi connectivity index (χ2n) is 5.72. The molecular formula is C20H23FN2O3. The molecule has 0 saturated heterocycles. The van der Waals surface area contributed by atoms with Crippen molar-refractivity contribution in [3.8, 4) is 5.75 Å². The maximum absolute atomic E-state index is 13.6. The molecule has 26 heavy (non-hydrogen) atoms. The molecule has 0 aliphatic heterocycles. The molecule has 0 aliphatic carbocycles. The molecule has 0 saturated carbocycles. The van der Waals surface area contributed by atoms with E-state index in [1.165, 1.54) is 17.9 Å². The van der Waals surface area contributed by atoms with Crippen molar-refractivity contribution in [2.75, 3.05) is 18.1 Å². The lowest BCUT2D eigenvalue weighted by molar-refractivity contribution is -0.121. The van der Waals surface area contributed by atoms with Crippen LogP contribution in [0.5, 0.6) is 5.75 Å². The van der Waals surface area contributed by atoms with E-state index in [0.29, 0.717) is 17.9 Å². The standard InChI is InChI=1S/C20H23FN2O3/c1-3-26-18-10-8-17(9-11-18)23(15(2)24)13-12-20(25)22-14-16-6-4-5-7-19(16)21/h4-11H,3,12-14H2,1-2H3,(H,22,25). The highest BCUT2D eigenvalue weighted by atomic mass is 19.1. The summed E-state index contributed by atoms with van der Waals surface area (Å²) >= 11 is 0. The minimum absolute atomic E-state index is 0.120. The van der Waals surface area contributed by atoms with Crippen LogP contribution in [0.2, 0.25) is 0 Å². The highest BCUT2D eigenvalue weighted by Crippen LogP contribution is 2.20. The van der Waals surface area contributed by atoms with Crippen LogP contribution in [0.4, 0.5) is 10.1 Å². The second-order valence-corrected chi connectivity index (χ2v) is 5.72. The van der Waals surface area contributed by atoms with Gasteiger partial charge in [-0.25, -0.2) is 4.39 Å². The Kier molecular flexibility index (Phi) is 7.14. The van der Waals surface area contributed by atoms with Gasteiger partial charge in [0.05, 0.1) is 6.61 Å². The van der Waals surface area contributed by atoms with E-state index in [1.807, 2.05) is 6.92 Å². The molecule has 1 N–H and O–H groups in total. The Balaban J connectivity index is 1.90. The molecule has 2 aromatic carbocycles. The van der Waals surface area contributed by atoms with Crippen molar-refractivity contribution < 1.29 is 18.7 Å². The number of hydrogen-bond acceptors (Lipinski definition) is 3. The van der Waals surface area contributed by atoms with Crippen LogP contribution in [0, 0.1) is 5.82 Å². The third-order valence-corrected chi connectivity index (χ3v) is 3.84. The number of benzene rings is 2. The lowest BCUT2D eigenvalue weighted by Crippen LogP contribution is -2.33. The van der Waals surface area contributed by atoms with Crippen LogP contribution < -0.4 is 15.0 Å². The number of anilines is 1. The number of carbonyl (C=O) groups excluding carboxylic acids is 2. The molecule has 2 aromatic rings. The first-order chi connectivity index (χ1) is 12.5. The van der Waals surface area contributed by atoms with E-state index in [4.69, 9.17) is 4.74 Å². The van der Waals surface area contributed by atoms with Crippen LogP contribution in [0.25, 0.3) is 0 Å². The summed E-state index contributed by atoms with van der Waals surface area (Å²) in [6.07, 6.45) is 0.126. The Hall–Kier alpha value is -2.89. The molecule has 0 heterocycles. The Morgan fingerprint density at radius 3 is 2.42 bits per heavy atom. The predicted molar refractivity (Wildman–Crippen MR) is 98.5 cm³/mol. The first-order valence-electron chi connectivity index (χ1n) is 8.52. The summed E-state index contributed by atoms with van der Waals surface area (Å²) in [5.41, 5.74) is 1.12. The van der Waals surface area contributed by atoms with Crippen LogP contribution >= 0.6 is 0 Å². The van der Waals surface area contributed by atoms with Gasteiger partial charge in [0.25, 0.3) is 0 Å². The van der Waals surface area contributed by atoms with Gasteiger partial charge >= 0.3 is 0 Å². The maximum Gasteiger partial charge on any atom is 0.223 e. The number of nitrogens with zero attached hydrogens (tertiary/aromatic N) is 1. The third-order valence-electron chi connectivity index (χ3n) is 3.84. The average molecular weight is 358 g/mol. The largest absolute Gasteiger partial charge is 0.494 e. The van der Waals surface area contributed by atoms with Crippen molar-refractivity contribution in [1.29, 1.82) is 0 Å². The molecule has 0 bridgehead atoms. The quantitative estimate of drug-likeness (QED) is 0.788. The average Bonchev–Trinajstić information content (AvgIpc) is 2.62. The molecule has 0 aliphatic rings. The summed E-state index contributed by atoms with van der Waals surface area (Å²) in [6.45, 7) is 4.28. The van der Waals surface area contributed by atoms with Crippen LogP contribution in [-0.4, -0.2) is 25.0 Å². The number of rotatable bonds is 8. The molecule has 2 rings (SSSR count). The van der Waals surface area contributed by atoms with Gasteiger partial charge in [-0.1, -0.05) is 18.2 Å². The number of amides is 2. The molecule has 0 radical (unpaired) electrons. The normalized spacial score (nSPS) is 10.3. The zero-order valence-electron chi connectivity index (χ0n) is 15.0. The van der Waals surface area contributed by atoms with Gasteiger partial charge in [0.1, 0.15) is 11.6 Å². The Morgan fingerprint density at radius 1 is 1.12 bits per heavy atom. The second kappa shape index (κ2) is 9.56. The van der Waals surface area contributed by atoms with Crippen molar-refractivity contribution in [2.24, 2.45) is 0 Å². The monoisotopic (exact) mass is 358 g/mol. The maximum atomic E-state index is 13.6. The Bertz CT molecular complexity index is 747. The van der Waals surface area contributed by atoms with Gasteiger partial charge < -0.3 is 15.0 Å². The van der Waals surface area contributed by atoms with Crippen LogP contribution in [-0.2, 0) is 16.1 Å². The lowest BCUT2D eigenvalue weighted by Gasteiger charge is -2.21. The fourth-order valence-corrected chi connectivity index (χ4v) is 2.49. The fraction of sp³-hybridized carbons (Fsp3) is 0.300. The summed E-state index contributed by atoms with van der Waals surface area (Å²) in [4.78, 5) is 25.5. The number of halogens is 1. The molecule has 0 atom stereocenters. The van der Waals surface area contributed by atoms with Gasteiger partial charge in [0.2, 0.25) is 11.8 Å². The summed E-state index contributed by atoms with van der Waals surface area (Å²) in [7, 11) is 0. The zero-order chi connectivity index (χ0) is 18.9. The summed E-state index contributed by atoms with van der Waals surface area (Å²) in [5.74, 6) is -0.0311. The number of carbonyl (C=O) groups is 2.